The minimum Gasteiger partial charge on any atom is -0.478 e. The van der Waals surface area contributed by atoms with Gasteiger partial charge in [0.1, 0.15) is 0 Å². The van der Waals surface area contributed by atoms with Crippen LogP contribution in [-0.4, -0.2) is 25.3 Å². The third-order valence-corrected chi connectivity index (χ3v) is 2.25. The molecule has 0 fully saturated rings. The Morgan fingerprint density at radius 3 is 3.07 bits per heavy atom. The van der Waals surface area contributed by atoms with Gasteiger partial charge in [-0.05, 0) is 23.2 Å². The van der Waals surface area contributed by atoms with Gasteiger partial charge in [-0.1, -0.05) is 6.07 Å². The van der Waals surface area contributed by atoms with Gasteiger partial charge in [0.05, 0.1) is 12.2 Å². The summed E-state index contributed by atoms with van der Waals surface area (Å²) >= 11 is 0. The molecular weight excluding hydrogens is 183 g/mol. The van der Waals surface area contributed by atoms with E-state index in [4.69, 9.17) is 14.4 Å². The van der Waals surface area contributed by atoms with Crippen molar-refractivity contribution in [1.29, 1.82) is 0 Å². The maximum absolute atomic E-state index is 10.7. The van der Waals surface area contributed by atoms with E-state index in [0.29, 0.717) is 6.61 Å². The second-order valence-corrected chi connectivity index (χ2v) is 3.10. The van der Waals surface area contributed by atoms with Crippen LogP contribution in [0.3, 0.4) is 0 Å². The van der Waals surface area contributed by atoms with Crippen molar-refractivity contribution in [2.24, 2.45) is 0 Å². The average molecular weight is 192 g/mol. The van der Waals surface area contributed by atoms with Crippen LogP contribution >= 0.6 is 0 Å². The molecule has 14 heavy (non-hydrogen) atoms. The first-order valence-corrected chi connectivity index (χ1v) is 4.23. The molecule has 1 aromatic rings. The normalized spacial score (nSPS) is 14.2. The van der Waals surface area contributed by atoms with Gasteiger partial charge in [-0.15, -0.1) is 0 Å². The number of fused-ring (bicyclic) bond motifs is 1. The Hall–Kier alpha value is -1.33. The molecule has 0 radical (unpaired) electrons. The van der Waals surface area contributed by atoms with E-state index in [2.05, 4.69) is 0 Å². The molecule has 0 saturated carbocycles. The van der Waals surface area contributed by atoms with Crippen molar-refractivity contribution < 1.29 is 19.2 Å². The Kier molecular flexibility index (Phi) is 2.27. The lowest BCUT2D eigenvalue weighted by Gasteiger charge is -2.03. The largest absolute Gasteiger partial charge is 0.494 e. The predicted molar refractivity (Wildman–Crippen MR) is 50.6 cm³/mol. The Bertz CT molecular complexity index is 377. The quantitative estimate of drug-likeness (QED) is 0.682. The van der Waals surface area contributed by atoms with Crippen molar-refractivity contribution in [3.63, 3.8) is 0 Å². The molecule has 1 aliphatic heterocycles. The predicted octanol–water partition coefficient (Wildman–Crippen LogP) is 0.257. The van der Waals surface area contributed by atoms with E-state index in [1.807, 2.05) is 0 Å². The van der Waals surface area contributed by atoms with Crippen LogP contribution in [0.1, 0.15) is 15.9 Å². The zero-order valence-corrected chi connectivity index (χ0v) is 7.69. The molecule has 5 heteroatoms. The van der Waals surface area contributed by atoms with Crippen LogP contribution in [0.15, 0.2) is 18.2 Å². The fourth-order valence-electron chi connectivity index (χ4n) is 1.53. The zero-order chi connectivity index (χ0) is 10.1. The summed E-state index contributed by atoms with van der Waals surface area (Å²) in [7, 11) is 1.11. The second-order valence-electron chi connectivity index (χ2n) is 3.10. The minimum absolute atomic E-state index is 0.260. The molecule has 4 nitrogen and oxygen atoms in total. The fraction of sp³-hybridized carbons (Fsp3) is 0.222. The number of carbonyl (C=O) groups is 1. The third kappa shape index (κ3) is 1.40. The summed E-state index contributed by atoms with van der Waals surface area (Å²) in [5, 5.41) is 8.79. The molecule has 0 spiro atoms. The standard InChI is InChI=1S/C9H9BO4/c1-13-10-8-4-6(9(11)12)2-3-7(8)5-14-10/h2-4H,5H2,1H3,(H,11,12). The lowest BCUT2D eigenvalue weighted by atomic mass is 9.78. The molecule has 2 rings (SSSR count). The van der Waals surface area contributed by atoms with Crippen molar-refractivity contribution in [2.75, 3.05) is 7.11 Å². The second kappa shape index (κ2) is 3.44. The van der Waals surface area contributed by atoms with E-state index in [9.17, 15) is 4.79 Å². The van der Waals surface area contributed by atoms with Gasteiger partial charge in [0.15, 0.2) is 0 Å². The first-order chi connectivity index (χ1) is 6.72. The first kappa shape index (κ1) is 9.24. The molecule has 72 valence electrons. The van der Waals surface area contributed by atoms with Crippen molar-refractivity contribution in [2.45, 2.75) is 6.61 Å². The highest BCUT2D eigenvalue weighted by atomic mass is 16.6. The van der Waals surface area contributed by atoms with Crippen LogP contribution in [0.4, 0.5) is 0 Å². The smallest absolute Gasteiger partial charge is 0.478 e. The Labute approximate surface area is 81.6 Å². The van der Waals surface area contributed by atoms with Gasteiger partial charge in [-0.2, -0.15) is 0 Å². The summed E-state index contributed by atoms with van der Waals surface area (Å²) in [6, 6.07) is 4.93. The molecule has 0 amide bonds. The summed E-state index contributed by atoms with van der Waals surface area (Å²) in [6.07, 6.45) is 0. The molecule has 0 saturated heterocycles. The van der Waals surface area contributed by atoms with Gasteiger partial charge >= 0.3 is 13.1 Å². The van der Waals surface area contributed by atoms with Crippen LogP contribution in [0.2, 0.25) is 0 Å². The molecule has 1 aromatic carbocycles. The topological polar surface area (TPSA) is 55.8 Å². The minimum atomic E-state index is -0.936. The lowest BCUT2D eigenvalue weighted by molar-refractivity contribution is 0.0697. The molecule has 1 aliphatic rings. The van der Waals surface area contributed by atoms with E-state index in [1.165, 1.54) is 7.11 Å². The first-order valence-electron chi connectivity index (χ1n) is 4.23. The van der Waals surface area contributed by atoms with E-state index in [0.717, 1.165) is 11.0 Å². The van der Waals surface area contributed by atoms with Crippen molar-refractivity contribution in [3.05, 3.63) is 29.3 Å². The molecule has 1 heterocycles. The van der Waals surface area contributed by atoms with E-state index >= 15 is 0 Å². The number of rotatable bonds is 2. The van der Waals surface area contributed by atoms with E-state index in [-0.39, 0.29) is 5.56 Å². The van der Waals surface area contributed by atoms with Crippen LogP contribution in [0.25, 0.3) is 0 Å². The summed E-state index contributed by atoms with van der Waals surface area (Å²) in [6.45, 7) is 0.480. The van der Waals surface area contributed by atoms with Gasteiger partial charge < -0.3 is 14.4 Å². The Balaban J connectivity index is 2.42. The van der Waals surface area contributed by atoms with Gasteiger partial charge in [-0.25, -0.2) is 4.79 Å². The SMILES string of the molecule is COB1OCc2ccc(C(=O)O)cc21. The zero-order valence-electron chi connectivity index (χ0n) is 7.69. The number of carboxylic acids is 1. The Morgan fingerprint density at radius 1 is 1.64 bits per heavy atom. The molecule has 0 atom stereocenters. The van der Waals surface area contributed by atoms with Crippen LogP contribution in [0, 0.1) is 0 Å². The maximum atomic E-state index is 10.7. The summed E-state index contributed by atoms with van der Waals surface area (Å²) in [5.41, 5.74) is 2.06. The van der Waals surface area contributed by atoms with E-state index < -0.39 is 13.1 Å². The van der Waals surface area contributed by atoms with Crippen LogP contribution in [-0.2, 0) is 15.9 Å². The molecule has 0 bridgehead atoms. The molecule has 0 aliphatic carbocycles. The van der Waals surface area contributed by atoms with Gasteiger partial charge in [0.2, 0.25) is 0 Å². The van der Waals surface area contributed by atoms with E-state index in [1.54, 1.807) is 18.2 Å². The molecule has 0 unspecified atom stereocenters. The lowest BCUT2D eigenvalue weighted by Crippen LogP contribution is -2.31. The Morgan fingerprint density at radius 2 is 2.43 bits per heavy atom. The maximum Gasteiger partial charge on any atom is 0.494 e. The number of hydrogen-bond acceptors (Lipinski definition) is 3. The summed E-state index contributed by atoms with van der Waals surface area (Å²) < 4.78 is 10.3. The van der Waals surface area contributed by atoms with Gasteiger partial charge in [0.25, 0.3) is 0 Å². The average Bonchev–Trinajstić information content (AvgIpc) is 2.59. The number of carboxylic acid groups (broad SMARTS) is 1. The molecule has 0 aromatic heterocycles. The van der Waals surface area contributed by atoms with Gasteiger partial charge in [0, 0.05) is 7.11 Å². The van der Waals surface area contributed by atoms with Crippen LogP contribution < -0.4 is 5.46 Å². The monoisotopic (exact) mass is 192 g/mol. The molecule has 1 N–H and O–H groups in total. The van der Waals surface area contributed by atoms with Crippen molar-refractivity contribution in [1.82, 2.24) is 0 Å². The number of aromatic carboxylic acids is 1. The number of hydrogen-bond donors (Lipinski definition) is 1. The van der Waals surface area contributed by atoms with Crippen LogP contribution in [0.5, 0.6) is 0 Å². The summed E-state index contributed by atoms with van der Waals surface area (Å²) in [5.74, 6) is -0.936. The number of benzene rings is 1. The third-order valence-electron chi connectivity index (χ3n) is 2.25. The highest BCUT2D eigenvalue weighted by molar-refractivity contribution is 6.62. The highest BCUT2D eigenvalue weighted by Gasteiger charge is 2.30. The van der Waals surface area contributed by atoms with Gasteiger partial charge in [-0.3, -0.25) is 0 Å². The molecular formula is C9H9BO4. The summed E-state index contributed by atoms with van der Waals surface area (Å²) in [4.78, 5) is 10.7. The fourth-order valence-corrected chi connectivity index (χ4v) is 1.53. The van der Waals surface area contributed by atoms with Crippen molar-refractivity contribution >= 4 is 18.6 Å². The highest BCUT2D eigenvalue weighted by Crippen LogP contribution is 2.12. The van der Waals surface area contributed by atoms with Crippen molar-refractivity contribution in [3.8, 4) is 0 Å².